The largest absolute Gasteiger partial charge is 0.334 e. The van der Waals surface area contributed by atoms with Crippen molar-refractivity contribution in [3.05, 3.63) is 18.2 Å². The van der Waals surface area contributed by atoms with E-state index >= 15 is 0 Å². The van der Waals surface area contributed by atoms with E-state index in [9.17, 15) is 0 Å². The van der Waals surface area contributed by atoms with Crippen LogP contribution in [-0.2, 0) is 6.54 Å². The van der Waals surface area contributed by atoms with E-state index in [1.807, 2.05) is 19.3 Å². The molecule has 0 amide bonds. The normalized spacial score (nSPS) is 13.0. The highest BCUT2D eigenvalue weighted by molar-refractivity contribution is 6.20. The molecule has 1 N–H and O–H groups in total. The number of alkyl halides is 1. The third-order valence-corrected chi connectivity index (χ3v) is 2.79. The molecule has 0 saturated carbocycles. The monoisotopic (exact) mass is 229 g/mol. The van der Waals surface area contributed by atoms with E-state index in [0.29, 0.717) is 0 Å². The Morgan fingerprint density at radius 2 is 2.40 bits per heavy atom. The first-order valence-electron chi connectivity index (χ1n) is 5.56. The van der Waals surface area contributed by atoms with Gasteiger partial charge in [0.25, 0.3) is 0 Å². The number of rotatable bonds is 7. The quantitative estimate of drug-likeness (QED) is 0.574. The van der Waals surface area contributed by atoms with E-state index in [1.54, 1.807) is 0 Å². The van der Waals surface area contributed by atoms with Crippen LogP contribution in [0.3, 0.4) is 0 Å². The number of nitrogens with zero attached hydrogens (tertiary/aromatic N) is 2. The molecule has 0 fully saturated rings. The molecule has 3 nitrogen and oxygen atoms in total. The smallest absolute Gasteiger partial charge is 0.105 e. The summed E-state index contributed by atoms with van der Waals surface area (Å²) in [5.74, 6) is 1.06. The minimum absolute atomic E-state index is 0.263. The fourth-order valence-electron chi connectivity index (χ4n) is 1.51. The molecule has 1 rings (SSSR count). The molecule has 1 unspecified atom stereocenters. The minimum atomic E-state index is 0.263. The van der Waals surface area contributed by atoms with Crippen LogP contribution in [0.25, 0.3) is 0 Å². The summed E-state index contributed by atoms with van der Waals surface area (Å²) in [6.07, 6.45) is 6.06. The first-order valence-corrected chi connectivity index (χ1v) is 6.00. The fraction of sp³-hybridized carbons (Fsp3) is 0.727. The molecular formula is C11H20ClN3. The second-order valence-electron chi connectivity index (χ2n) is 3.76. The highest BCUT2D eigenvalue weighted by Gasteiger charge is 2.02. The van der Waals surface area contributed by atoms with Crippen LogP contribution in [0.1, 0.15) is 25.6 Å². The summed E-state index contributed by atoms with van der Waals surface area (Å²) >= 11 is 6.09. The predicted octanol–water partition coefficient (Wildman–Crippen LogP) is 2.19. The van der Waals surface area contributed by atoms with Crippen molar-refractivity contribution in [1.29, 1.82) is 0 Å². The second-order valence-corrected chi connectivity index (χ2v) is 4.38. The average molecular weight is 230 g/mol. The zero-order valence-electron chi connectivity index (χ0n) is 9.54. The Bertz CT molecular complexity index is 273. The van der Waals surface area contributed by atoms with E-state index in [1.165, 1.54) is 0 Å². The van der Waals surface area contributed by atoms with Gasteiger partial charge in [-0.25, -0.2) is 4.98 Å². The van der Waals surface area contributed by atoms with Crippen LogP contribution < -0.4 is 5.32 Å². The van der Waals surface area contributed by atoms with Gasteiger partial charge in [-0.15, -0.1) is 11.6 Å². The maximum Gasteiger partial charge on any atom is 0.105 e. The third-order valence-electron chi connectivity index (χ3n) is 2.42. The van der Waals surface area contributed by atoms with Gasteiger partial charge in [-0.05, 0) is 13.3 Å². The molecule has 0 aliphatic carbocycles. The molecule has 15 heavy (non-hydrogen) atoms. The summed E-state index contributed by atoms with van der Waals surface area (Å²) in [7, 11) is 0. The molecule has 1 atom stereocenters. The van der Waals surface area contributed by atoms with Crippen LogP contribution in [0.4, 0.5) is 0 Å². The van der Waals surface area contributed by atoms with Gasteiger partial charge in [0, 0.05) is 37.4 Å². The molecule has 86 valence electrons. The van der Waals surface area contributed by atoms with E-state index in [2.05, 4.69) is 21.8 Å². The molecule has 0 aliphatic rings. The molecule has 0 spiro atoms. The standard InChI is InChI=1S/C11H20ClN3/c1-3-4-11(12)9-13-5-7-15-8-6-14-10(15)2/h6,8,11,13H,3-5,7,9H2,1-2H3. The molecule has 0 bridgehead atoms. The van der Waals surface area contributed by atoms with Gasteiger partial charge in [-0.1, -0.05) is 13.3 Å². The Kier molecular flexibility index (Phi) is 5.73. The number of nitrogens with one attached hydrogen (secondary N) is 1. The van der Waals surface area contributed by atoms with Crippen molar-refractivity contribution in [3.8, 4) is 0 Å². The molecule has 1 aromatic heterocycles. The predicted molar refractivity (Wildman–Crippen MR) is 64.4 cm³/mol. The van der Waals surface area contributed by atoms with Crippen molar-refractivity contribution in [1.82, 2.24) is 14.9 Å². The second kappa shape index (κ2) is 6.85. The van der Waals surface area contributed by atoms with E-state index in [-0.39, 0.29) is 5.38 Å². The van der Waals surface area contributed by atoms with Gasteiger partial charge < -0.3 is 9.88 Å². The summed E-state index contributed by atoms with van der Waals surface area (Å²) < 4.78 is 2.13. The van der Waals surface area contributed by atoms with Gasteiger partial charge in [0.1, 0.15) is 5.82 Å². The summed E-state index contributed by atoms with van der Waals surface area (Å²) in [6.45, 7) is 6.97. The molecule has 0 saturated heterocycles. The molecule has 0 aliphatic heterocycles. The Labute approximate surface area is 96.8 Å². The Morgan fingerprint density at radius 3 is 3.00 bits per heavy atom. The zero-order chi connectivity index (χ0) is 11.1. The Balaban J connectivity index is 2.09. The summed E-state index contributed by atoms with van der Waals surface area (Å²) in [5, 5.41) is 3.62. The lowest BCUT2D eigenvalue weighted by Gasteiger charge is -2.10. The average Bonchev–Trinajstić information content (AvgIpc) is 2.60. The Hall–Kier alpha value is -0.540. The highest BCUT2D eigenvalue weighted by atomic mass is 35.5. The summed E-state index contributed by atoms with van der Waals surface area (Å²) in [4.78, 5) is 4.17. The van der Waals surface area contributed by atoms with E-state index in [0.717, 1.165) is 38.3 Å². The number of halogens is 1. The molecule has 0 aromatic carbocycles. The van der Waals surface area contributed by atoms with E-state index < -0.39 is 0 Å². The first-order chi connectivity index (χ1) is 7.24. The van der Waals surface area contributed by atoms with Crippen molar-refractivity contribution in [2.24, 2.45) is 0 Å². The summed E-state index contributed by atoms with van der Waals surface area (Å²) in [6, 6.07) is 0. The van der Waals surface area contributed by atoms with Crippen molar-refractivity contribution in [2.45, 2.75) is 38.6 Å². The van der Waals surface area contributed by atoms with Crippen LogP contribution in [0.2, 0.25) is 0 Å². The lowest BCUT2D eigenvalue weighted by atomic mass is 10.2. The third kappa shape index (κ3) is 4.67. The highest BCUT2D eigenvalue weighted by Crippen LogP contribution is 2.02. The number of aromatic nitrogens is 2. The molecule has 4 heteroatoms. The molecule has 1 heterocycles. The number of hydrogen-bond donors (Lipinski definition) is 1. The van der Waals surface area contributed by atoms with Crippen LogP contribution in [0, 0.1) is 6.92 Å². The minimum Gasteiger partial charge on any atom is -0.334 e. The Morgan fingerprint density at radius 1 is 1.60 bits per heavy atom. The van der Waals surface area contributed by atoms with Gasteiger partial charge in [0.15, 0.2) is 0 Å². The number of imidazole rings is 1. The lowest BCUT2D eigenvalue weighted by molar-refractivity contribution is 0.566. The van der Waals surface area contributed by atoms with Gasteiger partial charge in [-0.2, -0.15) is 0 Å². The zero-order valence-corrected chi connectivity index (χ0v) is 10.3. The number of aryl methyl sites for hydroxylation is 1. The SMILES string of the molecule is CCCC(Cl)CNCCn1ccnc1C. The first kappa shape index (κ1) is 12.5. The number of hydrogen-bond acceptors (Lipinski definition) is 2. The fourth-order valence-corrected chi connectivity index (χ4v) is 1.84. The van der Waals surface area contributed by atoms with Crippen LogP contribution in [-0.4, -0.2) is 28.0 Å². The topological polar surface area (TPSA) is 29.9 Å². The van der Waals surface area contributed by atoms with Gasteiger partial charge in [-0.3, -0.25) is 0 Å². The van der Waals surface area contributed by atoms with Crippen LogP contribution in [0.15, 0.2) is 12.4 Å². The molecule has 0 radical (unpaired) electrons. The van der Waals surface area contributed by atoms with Crippen molar-refractivity contribution in [2.75, 3.05) is 13.1 Å². The lowest BCUT2D eigenvalue weighted by Crippen LogP contribution is -2.26. The van der Waals surface area contributed by atoms with Gasteiger partial charge in [0.2, 0.25) is 0 Å². The summed E-state index contributed by atoms with van der Waals surface area (Å²) in [5.41, 5.74) is 0. The molecular weight excluding hydrogens is 210 g/mol. The molecule has 1 aromatic rings. The van der Waals surface area contributed by atoms with Crippen LogP contribution in [0.5, 0.6) is 0 Å². The van der Waals surface area contributed by atoms with Gasteiger partial charge in [0.05, 0.1) is 0 Å². The van der Waals surface area contributed by atoms with Crippen molar-refractivity contribution >= 4 is 11.6 Å². The van der Waals surface area contributed by atoms with Crippen LogP contribution >= 0.6 is 11.6 Å². The van der Waals surface area contributed by atoms with Crippen molar-refractivity contribution in [3.63, 3.8) is 0 Å². The maximum atomic E-state index is 6.09. The van der Waals surface area contributed by atoms with Crippen molar-refractivity contribution < 1.29 is 0 Å². The van der Waals surface area contributed by atoms with Gasteiger partial charge >= 0.3 is 0 Å². The van der Waals surface area contributed by atoms with E-state index in [4.69, 9.17) is 11.6 Å². The maximum absolute atomic E-state index is 6.09.